The van der Waals surface area contributed by atoms with E-state index >= 15 is 0 Å². The van der Waals surface area contributed by atoms with E-state index in [1.807, 2.05) is 0 Å². The van der Waals surface area contributed by atoms with Crippen LogP contribution in [0, 0.1) is 0 Å². The normalized spacial score (nSPS) is 12.6. The average molecular weight is 388 g/mol. The summed E-state index contributed by atoms with van der Waals surface area (Å²) in [7, 11) is 0. The molecule has 164 valence electrons. The Morgan fingerprint density at radius 3 is 1.37 bits per heavy atom. The number of hydrogen-bond acceptors (Lipinski definition) is 4. The van der Waals surface area contributed by atoms with E-state index in [9.17, 15) is 5.11 Å². The van der Waals surface area contributed by atoms with Gasteiger partial charge in [0.05, 0.1) is 13.2 Å². The van der Waals surface area contributed by atoms with Gasteiger partial charge in [-0.3, -0.25) is 0 Å². The third-order valence-electron chi connectivity index (χ3n) is 5.01. The molecule has 0 aromatic rings. The molecule has 0 aliphatic rings. The molecule has 0 aromatic carbocycles. The minimum absolute atomic E-state index is 0.364. The Bertz CT molecular complexity index is 264. The van der Waals surface area contributed by atoms with Crippen LogP contribution in [0.4, 0.5) is 0 Å². The number of hydrogen-bond donors (Lipinski definition) is 2. The second kappa shape index (κ2) is 23.9. The molecule has 0 unspecified atom stereocenters. The summed E-state index contributed by atoms with van der Waals surface area (Å²) in [5, 5.41) is 9.75. The standard InChI is InChI=1S/C23H49NO3/c1-2-3-4-5-6-7-8-9-10-11-12-13-14-16-19-26-21-23(25)22-27-20-17-15-18-24/h23,25H,2-22,24H2,1H3/t23-/m0/s1. The highest BCUT2D eigenvalue weighted by molar-refractivity contribution is 4.53. The van der Waals surface area contributed by atoms with Gasteiger partial charge in [0.1, 0.15) is 6.10 Å². The van der Waals surface area contributed by atoms with Gasteiger partial charge in [-0.15, -0.1) is 0 Å². The number of aliphatic hydroxyl groups excluding tert-OH is 1. The maximum atomic E-state index is 9.75. The summed E-state index contributed by atoms with van der Waals surface area (Å²) in [5.74, 6) is 0. The molecule has 0 bridgehead atoms. The topological polar surface area (TPSA) is 64.7 Å². The van der Waals surface area contributed by atoms with Crippen molar-refractivity contribution in [2.24, 2.45) is 5.73 Å². The molecule has 0 spiro atoms. The molecule has 0 amide bonds. The Kier molecular flexibility index (Phi) is 23.7. The summed E-state index contributed by atoms with van der Waals surface area (Å²) >= 11 is 0. The van der Waals surface area contributed by atoms with E-state index in [-0.39, 0.29) is 0 Å². The second-order valence-corrected chi connectivity index (χ2v) is 7.90. The number of unbranched alkanes of at least 4 members (excludes halogenated alkanes) is 14. The SMILES string of the molecule is CCCCCCCCCCCCCCCCOC[C@H](O)COCCCCN. The smallest absolute Gasteiger partial charge is 0.101 e. The molecule has 27 heavy (non-hydrogen) atoms. The zero-order chi connectivity index (χ0) is 19.8. The maximum absolute atomic E-state index is 9.75. The Balaban J connectivity index is 3.08. The van der Waals surface area contributed by atoms with Crippen molar-refractivity contribution in [3.8, 4) is 0 Å². The molecule has 4 heteroatoms. The third kappa shape index (κ3) is 23.8. The van der Waals surface area contributed by atoms with E-state index in [2.05, 4.69) is 6.92 Å². The summed E-state index contributed by atoms with van der Waals surface area (Å²) < 4.78 is 10.9. The van der Waals surface area contributed by atoms with Crippen molar-refractivity contribution in [3.63, 3.8) is 0 Å². The van der Waals surface area contributed by atoms with Gasteiger partial charge in [0.2, 0.25) is 0 Å². The molecule has 0 aliphatic carbocycles. The summed E-state index contributed by atoms with van der Waals surface area (Å²) in [5.41, 5.74) is 5.42. The van der Waals surface area contributed by atoms with Crippen LogP contribution in [0.25, 0.3) is 0 Å². The van der Waals surface area contributed by atoms with Crippen LogP contribution in [0.1, 0.15) is 110 Å². The van der Waals surface area contributed by atoms with Gasteiger partial charge in [0.15, 0.2) is 0 Å². The Morgan fingerprint density at radius 1 is 0.593 bits per heavy atom. The Hall–Kier alpha value is -0.160. The monoisotopic (exact) mass is 387 g/mol. The molecule has 3 N–H and O–H groups in total. The van der Waals surface area contributed by atoms with Crippen LogP contribution < -0.4 is 5.73 Å². The molecular weight excluding hydrogens is 338 g/mol. The first-order chi connectivity index (χ1) is 13.3. The van der Waals surface area contributed by atoms with Crippen LogP contribution in [-0.2, 0) is 9.47 Å². The van der Waals surface area contributed by atoms with Gasteiger partial charge < -0.3 is 20.3 Å². The highest BCUT2D eigenvalue weighted by Crippen LogP contribution is 2.12. The van der Waals surface area contributed by atoms with E-state index in [0.717, 1.165) is 25.9 Å². The molecule has 1 atom stereocenters. The summed E-state index contributed by atoms with van der Waals surface area (Å²) in [6.07, 6.45) is 20.6. The van der Waals surface area contributed by atoms with Gasteiger partial charge in [0, 0.05) is 13.2 Å². The molecule has 0 aromatic heterocycles. The molecule has 0 saturated carbocycles. The van der Waals surface area contributed by atoms with Crippen LogP contribution in [0.2, 0.25) is 0 Å². The molecule has 0 heterocycles. The van der Waals surface area contributed by atoms with Crippen molar-refractivity contribution in [3.05, 3.63) is 0 Å². The van der Waals surface area contributed by atoms with Gasteiger partial charge >= 0.3 is 0 Å². The summed E-state index contributed by atoms with van der Waals surface area (Å²) in [6, 6.07) is 0. The fourth-order valence-corrected chi connectivity index (χ4v) is 3.23. The first-order valence-corrected chi connectivity index (χ1v) is 11.8. The lowest BCUT2D eigenvalue weighted by Crippen LogP contribution is -2.22. The van der Waals surface area contributed by atoms with Crippen LogP contribution in [-0.4, -0.2) is 44.2 Å². The molecule has 0 saturated heterocycles. The zero-order valence-electron chi connectivity index (χ0n) is 18.3. The lowest BCUT2D eigenvalue weighted by atomic mass is 10.0. The predicted molar refractivity (Wildman–Crippen MR) is 116 cm³/mol. The molecule has 0 radical (unpaired) electrons. The van der Waals surface area contributed by atoms with Gasteiger partial charge in [0.25, 0.3) is 0 Å². The average Bonchev–Trinajstić information content (AvgIpc) is 2.67. The zero-order valence-corrected chi connectivity index (χ0v) is 18.3. The summed E-state index contributed by atoms with van der Waals surface area (Å²) in [4.78, 5) is 0. The molecular formula is C23H49NO3. The van der Waals surface area contributed by atoms with Crippen molar-refractivity contribution in [2.45, 2.75) is 116 Å². The molecule has 0 aliphatic heterocycles. The van der Waals surface area contributed by atoms with Gasteiger partial charge in [-0.25, -0.2) is 0 Å². The van der Waals surface area contributed by atoms with Crippen molar-refractivity contribution in [1.82, 2.24) is 0 Å². The van der Waals surface area contributed by atoms with Crippen LogP contribution in [0.5, 0.6) is 0 Å². The Morgan fingerprint density at radius 2 is 0.963 bits per heavy atom. The molecule has 0 rings (SSSR count). The lowest BCUT2D eigenvalue weighted by molar-refractivity contribution is -0.0199. The van der Waals surface area contributed by atoms with E-state index in [4.69, 9.17) is 15.2 Å². The Labute approximate surface area is 169 Å². The van der Waals surface area contributed by atoms with Crippen LogP contribution in [0.15, 0.2) is 0 Å². The van der Waals surface area contributed by atoms with Gasteiger partial charge in [-0.2, -0.15) is 0 Å². The van der Waals surface area contributed by atoms with E-state index in [1.54, 1.807) is 0 Å². The van der Waals surface area contributed by atoms with Crippen molar-refractivity contribution < 1.29 is 14.6 Å². The molecule has 0 fully saturated rings. The molecule has 4 nitrogen and oxygen atoms in total. The second-order valence-electron chi connectivity index (χ2n) is 7.90. The maximum Gasteiger partial charge on any atom is 0.101 e. The largest absolute Gasteiger partial charge is 0.388 e. The number of ether oxygens (including phenoxy) is 2. The highest BCUT2D eigenvalue weighted by Gasteiger charge is 2.04. The number of aliphatic hydroxyl groups is 1. The van der Waals surface area contributed by atoms with Crippen LogP contribution in [0.3, 0.4) is 0 Å². The van der Waals surface area contributed by atoms with Crippen LogP contribution >= 0.6 is 0 Å². The number of nitrogens with two attached hydrogens (primary N) is 1. The number of rotatable bonds is 23. The minimum atomic E-state index is -0.505. The van der Waals surface area contributed by atoms with Gasteiger partial charge in [-0.1, -0.05) is 90.4 Å². The quantitative estimate of drug-likeness (QED) is 0.224. The van der Waals surface area contributed by atoms with Crippen molar-refractivity contribution in [1.29, 1.82) is 0 Å². The van der Waals surface area contributed by atoms with E-state index in [1.165, 1.54) is 83.5 Å². The van der Waals surface area contributed by atoms with E-state index < -0.39 is 6.10 Å². The summed E-state index contributed by atoms with van der Waals surface area (Å²) in [6.45, 7) is 5.16. The first kappa shape index (κ1) is 26.8. The minimum Gasteiger partial charge on any atom is -0.388 e. The predicted octanol–water partition coefficient (Wildman–Crippen LogP) is 5.60. The van der Waals surface area contributed by atoms with Crippen molar-refractivity contribution >= 4 is 0 Å². The van der Waals surface area contributed by atoms with E-state index in [0.29, 0.717) is 26.4 Å². The fourth-order valence-electron chi connectivity index (χ4n) is 3.23. The fraction of sp³-hybridized carbons (Fsp3) is 1.00. The highest BCUT2D eigenvalue weighted by atomic mass is 16.5. The van der Waals surface area contributed by atoms with Crippen molar-refractivity contribution in [2.75, 3.05) is 33.0 Å². The first-order valence-electron chi connectivity index (χ1n) is 11.8. The van der Waals surface area contributed by atoms with Gasteiger partial charge in [-0.05, 0) is 25.8 Å². The third-order valence-corrected chi connectivity index (χ3v) is 5.01. The lowest BCUT2D eigenvalue weighted by Gasteiger charge is -2.11.